The van der Waals surface area contributed by atoms with Gasteiger partial charge in [-0.1, -0.05) is 26.2 Å². The first-order valence-electron chi connectivity index (χ1n) is 9.70. The van der Waals surface area contributed by atoms with E-state index in [4.69, 9.17) is 4.74 Å². The van der Waals surface area contributed by atoms with Gasteiger partial charge in [0.05, 0.1) is 6.61 Å². The van der Waals surface area contributed by atoms with Crippen molar-refractivity contribution in [1.29, 1.82) is 0 Å². The van der Waals surface area contributed by atoms with E-state index in [0.29, 0.717) is 30.8 Å². The van der Waals surface area contributed by atoms with Crippen LogP contribution in [0.2, 0.25) is 0 Å². The van der Waals surface area contributed by atoms with E-state index in [-0.39, 0.29) is 17.3 Å². The first-order chi connectivity index (χ1) is 13.0. The molecular formula is C21H28N2O4. The zero-order valence-electron chi connectivity index (χ0n) is 16.2. The summed E-state index contributed by atoms with van der Waals surface area (Å²) in [5, 5.41) is 0.844. The molecule has 0 aliphatic rings. The van der Waals surface area contributed by atoms with Gasteiger partial charge in [0, 0.05) is 24.3 Å². The highest BCUT2D eigenvalue weighted by Crippen LogP contribution is 2.15. The third kappa shape index (κ3) is 6.62. The Morgan fingerprint density at radius 3 is 2.56 bits per heavy atom. The number of Topliss-reactive ketones (excluding diaryl/α,β-unsaturated/α-hetero) is 1. The van der Waals surface area contributed by atoms with E-state index < -0.39 is 0 Å². The molecule has 27 heavy (non-hydrogen) atoms. The number of nitrogens with zero attached hydrogens (tertiary/aromatic N) is 1. The van der Waals surface area contributed by atoms with Gasteiger partial charge in [0.2, 0.25) is 5.56 Å². The monoisotopic (exact) mass is 372 g/mol. The summed E-state index contributed by atoms with van der Waals surface area (Å²) in [5.74, 6) is -0.164. The summed E-state index contributed by atoms with van der Waals surface area (Å²) in [7, 11) is 0. The zero-order chi connectivity index (χ0) is 19.6. The number of hydrogen-bond donors (Lipinski definition) is 1. The van der Waals surface area contributed by atoms with Gasteiger partial charge in [-0.05, 0) is 43.9 Å². The number of carbonyl (C=O) groups is 2. The average molecular weight is 372 g/mol. The van der Waals surface area contributed by atoms with E-state index in [1.165, 1.54) is 6.07 Å². The van der Waals surface area contributed by atoms with Crippen LogP contribution in [0.5, 0.6) is 0 Å². The van der Waals surface area contributed by atoms with Crippen molar-refractivity contribution in [1.82, 2.24) is 9.97 Å². The first-order valence-corrected chi connectivity index (χ1v) is 9.70. The van der Waals surface area contributed by atoms with Crippen LogP contribution in [-0.4, -0.2) is 28.3 Å². The number of aromatic amines is 1. The smallest absolute Gasteiger partial charge is 0.305 e. The molecule has 2 heterocycles. The second kappa shape index (κ2) is 10.6. The number of pyridine rings is 2. The molecule has 0 aromatic carbocycles. The van der Waals surface area contributed by atoms with Crippen molar-refractivity contribution in [3.05, 3.63) is 39.8 Å². The minimum absolute atomic E-state index is 0.0294. The Balaban J connectivity index is 1.72. The van der Waals surface area contributed by atoms with Crippen molar-refractivity contribution < 1.29 is 14.3 Å². The van der Waals surface area contributed by atoms with Gasteiger partial charge >= 0.3 is 5.97 Å². The van der Waals surface area contributed by atoms with Crippen LogP contribution in [0, 0.1) is 6.92 Å². The van der Waals surface area contributed by atoms with E-state index >= 15 is 0 Å². The van der Waals surface area contributed by atoms with Crippen LogP contribution in [0.4, 0.5) is 0 Å². The van der Waals surface area contributed by atoms with Crippen LogP contribution >= 0.6 is 0 Å². The fourth-order valence-electron chi connectivity index (χ4n) is 2.89. The third-order valence-electron chi connectivity index (χ3n) is 4.49. The predicted molar refractivity (Wildman–Crippen MR) is 105 cm³/mol. The Morgan fingerprint density at radius 2 is 1.81 bits per heavy atom. The van der Waals surface area contributed by atoms with Crippen LogP contribution < -0.4 is 5.56 Å². The summed E-state index contributed by atoms with van der Waals surface area (Å²) in [6.07, 6.45) is 6.10. The zero-order valence-corrected chi connectivity index (χ0v) is 16.2. The number of nitrogens with one attached hydrogen (secondary N) is 1. The molecule has 2 rings (SSSR count). The number of esters is 1. The molecule has 0 radical (unpaired) electrons. The van der Waals surface area contributed by atoms with Crippen molar-refractivity contribution in [2.45, 2.75) is 65.2 Å². The molecule has 0 atom stereocenters. The molecule has 0 unspecified atom stereocenters. The van der Waals surface area contributed by atoms with Gasteiger partial charge < -0.3 is 9.72 Å². The highest BCUT2D eigenvalue weighted by molar-refractivity contribution is 5.96. The van der Waals surface area contributed by atoms with Gasteiger partial charge in [0.25, 0.3) is 0 Å². The summed E-state index contributed by atoms with van der Waals surface area (Å²) in [6.45, 7) is 4.41. The fourth-order valence-corrected chi connectivity index (χ4v) is 2.89. The standard InChI is InChI=1S/C21H28N2O4/c1-3-4-13-27-20(26)10-8-6-5-7-9-18(24)17-12-11-16-15(2)14-19(25)23-21(16)22-17/h11-12,14H,3-10,13H2,1-2H3,(H,22,23,25). The highest BCUT2D eigenvalue weighted by Gasteiger charge is 2.10. The number of carbonyl (C=O) groups excluding carboxylic acids is 2. The van der Waals surface area contributed by atoms with Crippen molar-refractivity contribution >= 4 is 22.8 Å². The van der Waals surface area contributed by atoms with E-state index in [1.807, 2.05) is 13.0 Å². The van der Waals surface area contributed by atoms with Crippen LogP contribution in [-0.2, 0) is 9.53 Å². The van der Waals surface area contributed by atoms with Gasteiger partial charge in [-0.15, -0.1) is 0 Å². The van der Waals surface area contributed by atoms with Crippen LogP contribution in [0.1, 0.15) is 74.3 Å². The van der Waals surface area contributed by atoms with Gasteiger partial charge in [0.1, 0.15) is 11.3 Å². The Bertz CT molecular complexity index is 842. The van der Waals surface area contributed by atoms with E-state index in [2.05, 4.69) is 16.9 Å². The highest BCUT2D eigenvalue weighted by atomic mass is 16.5. The summed E-state index contributed by atoms with van der Waals surface area (Å²) in [4.78, 5) is 42.4. The molecule has 0 aliphatic heterocycles. The SMILES string of the molecule is CCCCOC(=O)CCCCCCC(=O)c1ccc2c(C)cc(=O)[nH]c2n1. The van der Waals surface area contributed by atoms with Crippen LogP contribution in [0.15, 0.2) is 23.0 Å². The Morgan fingerprint density at radius 1 is 1.07 bits per heavy atom. The number of ketones is 1. The molecule has 0 spiro atoms. The topological polar surface area (TPSA) is 89.1 Å². The quantitative estimate of drug-likeness (QED) is 0.364. The number of ether oxygens (including phenoxy) is 1. The van der Waals surface area contributed by atoms with Crippen molar-refractivity contribution in [3.8, 4) is 0 Å². The minimum atomic E-state index is -0.217. The maximum absolute atomic E-state index is 12.3. The first kappa shape index (κ1) is 20.8. The number of H-pyrrole nitrogens is 1. The summed E-state index contributed by atoms with van der Waals surface area (Å²) >= 11 is 0. The number of aryl methyl sites for hydroxylation is 1. The van der Waals surface area contributed by atoms with Gasteiger partial charge in [-0.3, -0.25) is 14.4 Å². The maximum atomic E-state index is 12.3. The van der Waals surface area contributed by atoms with Crippen LogP contribution in [0.3, 0.4) is 0 Å². The molecule has 2 aromatic rings. The molecule has 0 aliphatic carbocycles. The normalized spacial score (nSPS) is 10.9. The number of hydrogen-bond acceptors (Lipinski definition) is 5. The summed E-state index contributed by atoms with van der Waals surface area (Å²) in [6, 6.07) is 5.05. The maximum Gasteiger partial charge on any atom is 0.305 e. The molecule has 0 saturated carbocycles. The fraction of sp³-hybridized carbons (Fsp3) is 0.524. The van der Waals surface area contributed by atoms with E-state index in [0.717, 1.165) is 49.5 Å². The number of aromatic nitrogens is 2. The third-order valence-corrected chi connectivity index (χ3v) is 4.49. The minimum Gasteiger partial charge on any atom is -0.466 e. The Hall–Kier alpha value is -2.50. The van der Waals surface area contributed by atoms with Crippen molar-refractivity contribution in [2.75, 3.05) is 6.61 Å². The van der Waals surface area contributed by atoms with E-state index in [9.17, 15) is 14.4 Å². The van der Waals surface area contributed by atoms with Gasteiger partial charge in [-0.2, -0.15) is 0 Å². The summed E-state index contributed by atoms with van der Waals surface area (Å²) in [5.41, 5.74) is 1.45. The molecule has 0 amide bonds. The van der Waals surface area contributed by atoms with Crippen molar-refractivity contribution in [2.24, 2.45) is 0 Å². The summed E-state index contributed by atoms with van der Waals surface area (Å²) < 4.78 is 5.11. The number of unbranched alkanes of at least 4 members (excludes halogenated alkanes) is 4. The Labute approximate surface area is 159 Å². The molecule has 146 valence electrons. The van der Waals surface area contributed by atoms with Gasteiger partial charge in [-0.25, -0.2) is 4.98 Å². The molecule has 0 bridgehead atoms. The largest absolute Gasteiger partial charge is 0.466 e. The number of fused-ring (bicyclic) bond motifs is 1. The van der Waals surface area contributed by atoms with Gasteiger partial charge in [0.15, 0.2) is 5.78 Å². The Kier molecular flexibility index (Phi) is 8.17. The molecule has 6 nitrogen and oxygen atoms in total. The molecule has 6 heteroatoms. The second-order valence-corrected chi connectivity index (χ2v) is 6.82. The molecule has 1 N–H and O–H groups in total. The van der Waals surface area contributed by atoms with Crippen molar-refractivity contribution in [3.63, 3.8) is 0 Å². The van der Waals surface area contributed by atoms with Crippen LogP contribution in [0.25, 0.3) is 11.0 Å². The lowest BCUT2D eigenvalue weighted by Crippen LogP contribution is -2.09. The predicted octanol–water partition coefficient (Wildman–Crippen LogP) is 4.10. The molecule has 0 saturated heterocycles. The number of rotatable bonds is 11. The molecule has 0 fully saturated rings. The lowest BCUT2D eigenvalue weighted by atomic mass is 10.1. The lowest BCUT2D eigenvalue weighted by molar-refractivity contribution is -0.143. The average Bonchev–Trinajstić information content (AvgIpc) is 2.64. The lowest BCUT2D eigenvalue weighted by Gasteiger charge is -2.05. The second-order valence-electron chi connectivity index (χ2n) is 6.82. The van der Waals surface area contributed by atoms with E-state index in [1.54, 1.807) is 6.07 Å². The molecular weight excluding hydrogens is 344 g/mol. The molecule has 2 aromatic heterocycles.